The van der Waals surface area contributed by atoms with Crippen LogP contribution in [0.2, 0.25) is 0 Å². The summed E-state index contributed by atoms with van der Waals surface area (Å²) in [6.07, 6.45) is 0.156. The van der Waals surface area contributed by atoms with Crippen molar-refractivity contribution in [1.29, 1.82) is 0 Å². The monoisotopic (exact) mass is 493 g/mol. The molecule has 0 aromatic carbocycles. The highest BCUT2D eigenvalue weighted by Crippen LogP contribution is 2.29. The van der Waals surface area contributed by atoms with Crippen molar-refractivity contribution in [2.45, 2.75) is 26.1 Å². The average molecular weight is 493 g/mol. The van der Waals surface area contributed by atoms with E-state index in [4.69, 9.17) is 0 Å². The van der Waals surface area contributed by atoms with Gasteiger partial charge in [0.2, 0.25) is 6.20 Å². The van der Waals surface area contributed by atoms with Crippen molar-refractivity contribution in [2.24, 2.45) is 0 Å². The van der Waals surface area contributed by atoms with Crippen LogP contribution in [0.4, 0.5) is 17.6 Å². The van der Waals surface area contributed by atoms with Gasteiger partial charge in [-0.05, 0) is 32.0 Å². The Morgan fingerprint density at radius 3 is 2.56 bits per heavy atom. The number of halogens is 4. The van der Waals surface area contributed by atoms with Crippen LogP contribution in [0.25, 0.3) is 16.4 Å². The van der Waals surface area contributed by atoms with Gasteiger partial charge in [-0.15, -0.1) is 11.3 Å². The van der Waals surface area contributed by atoms with Crippen LogP contribution in [0.5, 0.6) is 0 Å². The highest BCUT2D eigenvalue weighted by molar-refractivity contribution is 7.15. The summed E-state index contributed by atoms with van der Waals surface area (Å²) in [5.41, 5.74) is -0.534. The number of aryl methyl sites for hydroxylation is 1. The lowest BCUT2D eigenvalue weighted by Gasteiger charge is -2.13. The molecule has 0 aliphatic rings. The van der Waals surface area contributed by atoms with Crippen molar-refractivity contribution in [1.82, 2.24) is 25.1 Å². The predicted octanol–water partition coefficient (Wildman–Crippen LogP) is 3.87. The van der Waals surface area contributed by atoms with Crippen molar-refractivity contribution in [3.05, 3.63) is 76.7 Å². The third kappa shape index (κ3) is 4.73. The number of carbonyl (C=O) groups excluding carboxylic acids is 1. The van der Waals surface area contributed by atoms with E-state index in [2.05, 4.69) is 20.4 Å². The molecule has 13 heteroatoms. The SMILES string of the molecule is Cc1ncc(-c2nn(-c3ccc(F)cn3)cc2C(=O)N[C@H](C)c2ccc(C(F)(F)F)[n+](O)c2)s1. The number of alkyl halides is 3. The lowest BCUT2D eigenvalue weighted by molar-refractivity contribution is -0.915. The summed E-state index contributed by atoms with van der Waals surface area (Å²) in [4.78, 5) is 21.9. The molecule has 8 nitrogen and oxygen atoms in total. The summed E-state index contributed by atoms with van der Waals surface area (Å²) < 4.78 is 53.2. The van der Waals surface area contributed by atoms with E-state index in [1.807, 2.05) is 0 Å². The van der Waals surface area contributed by atoms with Crippen molar-refractivity contribution < 1.29 is 32.3 Å². The maximum Gasteiger partial charge on any atom is 0.482 e. The molecule has 0 fully saturated rings. The summed E-state index contributed by atoms with van der Waals surface area (Å²) >= 11 is 1.31. The summed E-state index contributed by atoms with van der Waals surface area (Å²) in [5, 5.41) is 17.6. The van der Waals surface area contributed by atoms with E-state index in [1.165, 1.54) is 40.4 Å². The smallest absolute Gasteiger partial charge is 0.345 e. The molecule has 0 aliphatic heterocycles. The topological polar surface area (TPSA) is 96.8 Å². The molecular weight excluding hydrogens is 476 g/mol. The summed E-state index contributed by atoms with van der Waals surface area (Å²) in [6, 6.07) is 3.74. The first-order valence-electron chi connectivity index (χ1n) is 9.80. The number of hydrogen-bond acceptors (Lipinski definition) is 6. The number of rotatable bonds is 5. The van der Waals surface area contributed by atoms with Crippen molar-refractivity contribution in [3.63, 3.8) is 0 Å². The lowest BCUT2D eigenvalue weighted by atomic mass is 10.1. The first-order valence-corrected chi connectivity index (χ1v) is 10.6. The first kappa shape index (κ1) is 23.3. The molecule has 0 saturated carbocycles. The second-order valence-corrected chi connectivity index (χ2v) is 8.53. The van der Waals surface area contributed by atoms with Gasteiger partial charge in [0.25, 0.3) is 5.91 Å². The van der Waals surface area contributed by atoms with Gasteiger partial charge in [0.15, 0.2) is 5.82 Å². The molecule has 2 N–H and O–H groups in total. The molecule has 0 unspecified atom stereocenters. The minimum atomic E-state index is -4.73. The molecule has 4 rings (SSSR count). The van der Waals surface area contributed by atoms with E-state index >= 15 is 0 Å². The first-order chi connectivity index (χ1) is 16.0. The van der Waals surface area contributed by atoms with Gasteiger partial charge >= 0.3 is 11.9 Å². The van der Waals surface area contributed by atoms with E-state index in [-0.39, 0.29) is 21.7 Å². The van der Waals surface area contributed by atoms with Crippen LogP contribution in [0, 0.1) is 12.7 Å². The van der Waals surface area contributed by atoms with Gasteiger partial charge in [0, 0.05) is 28.8 Å². The molecule has 0 radical (unpaired) electrons. The van der Waals surface area contributed by atoms with Gasteiger partial charge in [-0.2, -0.15) is 18.3 Å². The van der Waals surface area contributed by atoms with Crippen LogP contribution >= 0.6 is 11.3 Å². The Kier molecular flexibility index (Phi) is 6.04. The second-order valence-electron chi connectivity index (χ2n) is 7.30. The Morgan fingerprint density at radius 1 is 1.21 bits per heavy atom. The summed E-state index contributed by atoms with van der Waals surface area (Å²) in [5.74, 6) is -0.815. The van der Waals surface area contributed by atoms with Gasteiger partial charge in [-0.1, -0.05) is 0 Å². The Balaban J connectivity index is 1.65. The number of nitrogens with one attached hydrogen (secondary N) is 1. The molecule has 176 valence electrons. The van der Waals surface area contributed by atoms with Gasteiger partial charge in [0.1, 0.15) is 11.5 Å². The number of nitrogens with zero attached hydrogens (tertiary/aromatic N) is 5. The zero-order valence-corrected chi connectivity index (χ0v) is 18.5. The molecule has 34 heavy (non-hydrogen) atoms. The van der Waals surface area contributed by atoms with E-state index in [0.29, 0.717) is 10.6 Å². The number of carbonyl (C=O) groups is 1. The lowest BCUT2D eigenvalue weighted by Crippen LogP contribution is -2.40. The second kappa shape index (κ2) is 8.82. The minimum absolute atomic E-state index is 0.0260. The largest absolute Gasteiger partial charge is 0.482 e. The van der Waals surface area contributed by atoms with E-state index in [9.17, 15) is 27.6 Å². The van der Waals surface area contributed by atoms with Crippen molar-refractivity contribution >= 4 is 17.2 Å². The number of hydrogen-bond donors (Lipinski definition) is 2. The third-order valence-electron chi connectivity index (χ3n) is 4.85. The molecule has 4 heterocycles. The van der Waals surface area contributed by atoms with Gasteiger partial charge in [0.05, 0.1) is 27.7 Å². The zero-order valence-electron chi connectivity index (χ0n) is 17.7. The highest BCUT2D eigenvalue weighted by atomic mass is 32.1. The fourth-order valence-electron chi connectivity index (χ4n) is 3.16. The van der Waals surface area contributed by atoms with Crippen LogP contribution in [0.3, 0.4) is 0 Å². The van der Waals surface area contributed by atoms with E-state index in [1.54, 1.807) is 20.0 Å². The zero-order chi connectivity index (χ0) is 24.6. The number of thiazole rings is 1. The Morgan fingerprint density at radius 2 is 1.97 bits per heavy atom. The number of pyridine rings is 2. The predicted molar refractivity (Wildman–Crippen MR) is 112 cm³/mol. The molecule has 4 aromatic rings. The molecule has 1 amide bonds. The van der Waals surface area contributed by atoms with Gasteiger partial charge in [-0.25, -0.2) is 19.0 Å². The molecule has 0 aliphatic carbocycles. The molecule has 1 atom stereocenters. The van der Waals surface area contributed by atoms with Crippen LogP contribution in [-0.2, 0) is 6.18 Å². The van der Waals surface area contributed by atoms with Crippen molar-refractivity contribution in [2.75, 3.05) is 0 Å². The molecule has 0 spiro atoms. The third-order valence-corrected chi connectivity index (χ3v) is 5.77. The van der Waals surface area contributed by atoms with Crippen LogP contribution in [0.15, 0.2) is 49.1 Å². The van der Waals surface area contributed by atoms with Crippen LogP contribution in [0.1, 0.15) is 39.6 Å². The minimum Gasteiger partial charge on any atom is -0.345 e. The molecule has 0 saturated heterocycles. The van der Waals surface area contributed by atoms with Crippen LogP contribution in [-0.4, -0.2) is 30.9 Å². The molecular formula is C21H17F4N6O2S+. The standard InChI is InChI=1S/C21H16F4N6O2S/c1-11(13-3-5-17(21(23,24)25)31(33)9-13)28-20(32)15-10-30(18-6-4-14(22)7-27-18)29-19(15)16-8-26-12(2)34-16/h3-11H,1-2H3,(H-,28,32,33)/p+1/t11-/m1/s1. The molecule has 0 bridgehead atoms. The fourth-order valence-corrected chi connectivity index (χ4v) is 3.93. The summed E-state index contributed by atoms with van der Waals surface area (Å²) in [6.45, 7) is 3.35. The number of aromatic nitrogens is 5. The number of amides is 1. The highest BCUT2D eigenvalue weighted by Gasteiger charge is 2.42. The quantitative estimate of drug-likeness (QED) is 0.250. The molecule has 4 aromatic heterocycles. The maximum atomic E-state index is 13.3. The van der Waals surface area contributed by atoms with Crippen LogP contribution < -0.4 is 10.0 Å². The fraction of sp³-hybridized carbons (Fsp3) is 0.190. The van der Waals surface area contributed by atoms with Crippen molar-refractivity contribution in [3.8, 4) is 16.4 Å². The van der Waals surface area contributed by atoms with E-state index in [0.717, 1.165) is 23.5 Å². The average Bonchev–Trinajstić information content (AvgIpc) is 3.39. The summed E-state index contributed by atoms with van der Waals surface area (Å²) in [7, 11) is 0. The Hall–Kier alpha value is -3.87. The van der Waals surface area contributed by atoms with Gasteiger partial charge < -0.3 is 5.32 Å². The van der Waals surface area contributed by atoms with Gasteiger partial charge in [-0.3, -0.25) is 10.0 Å². The maximum absolute atomic E-state index is 13.3. The van der Waals surface area contributed by atoms with E-state index < -0.39 is 29.6 Å². The Bertz CT molecular complexity index is 1350. The normalized spacial score (nSPS) is 12.5. The Labute approximate surface area is 194 Å².